The number of ether oxygens (including phenoxy) is 1. The third-order valence-corrected chi connectivity index (χ3v) is 2.80. The molecule has 0 aromatic heterocycles. The van der Waals surface area contributed by atoms with Crippen LogP contribution < -0.4 is 10.5 Å². The van der Waals surface area contributed by atoms with Crippen molar-refractivity contribution in [3.8, 4) is 5.75 Å². The molecule has 0 aliphatic carbocycles. The lowest BCUT2D eigenvalue weighted by atomic mass is 10.0. The zero-order chi connectivity index (χ0) is 12.7. The summed E-state index contributed by atoms with van der Waals surface area (Å²) >= 11 is 0. The molecule has 0 radical (unpaired) electrons. The minimum atomic E-state index is 0.162. The van der Waals surface area contributed by atoms with Crippen molar-refractivity contribution in [3.63, 3.8) is 0 Å². The minimum Gasteiger partial charge on any atom is -0.491 e. The summed E-state index contributed by atoms with van der Waals surface area (Å²) in [5, 5.41) is 0. The Morgan fingerprint density at radius 2 is 1.76 bits per heavy atom. The standard InChI is InChI=1S/C15H25NO/c1-4-5-6-7-15(16)13-8-10-14(11-9-13)17-12(2)3/h8-12,15H,4-7,16H2,1-3H3. The number of unbranched alkanes of at least 4 members (excludes halogenated alkanes) is 2. The van der Waals surface area contributed by atoms with Crippen LogP contribution in [0.15, 0.2) is 24.3 Å². The van der Waals surface area contributed by atoms with Crippen LogP contribution in [0.3, 0.4) is 0 Å². The van der Waals surface area contributed by atoms with Gasteiger partial charge in [-0.2, -0.15) is 0 Å². The molecule has 1 aromatic carbocycles. The fourth-order valence-corrected chi connectivity index (χ4v) is 1.85. The largest absolute Gasteiger partial charge is 0.491 e. The number of nitrogens with two attached hydrogens (primary N) is 1. The number of hydrogen-bond acceptors (Lipinski definition) is 2. The smallest absolute Gasteiger partial charge is 0.119 e. The van der Waals surface area contributed by atoms with E-state index in [1.165, 1.54) is 24.8 Å². The van der Waals surface area contributed by atoms with Gasteiger partial charge in [0.25, 0.3) is 0 Å². The Labute approximate surface area is 105 Å². The van der Waals surface area contributed by atoms with Crippen molar-refractivity contribution in [2.75, 3.05) is 0 Å². The van der Waals surface area contributed by atoms with E-state index in [1.807, 2.05) is 26.0 Å². The monoisotopic (exact) mass is 235 g/mol. The van der Waals surface area contributed by atoms with Crippen molar-refractivity contribution in [2.24, 2.45) is 5.73 Å². The molecule has 0 heterocycles. The van der Waals surface area contributed by atoms with Crippen LogP contribution in [0, 0.1) is 0 Å². The highest BCUT2D eigenvalue weighted by atomic mass is 16.5. The maximum Gasteiger partial charge on any atom is 0.119 e. The summed E-state index contributed by atoms with van der Waals surface area (Å²) in [4.78, 5) is 0. The van der Waals surface area contributed by atoms with Gasteiger partial charge in [-0.1, -0.05) is 38.3 Å². The van der Waals surface area contributed by atoms with Crippen molar-refractivity contribution in [3.05, 3.63) is 29.8 Å². The summed E-state index contributed by atoms with van der Waals surface area (Å²) in [6.45, 7) is 6.28. The molecule has 1 atom stereocenters. The lowest BCUT2D eigenvalue weighted by molar-refractivity contribution is 0.242. The fraction of sp³-hybridized carbons (Fsp3) is 0.600. The van der Waals surface area contributed by atoms with Gasteiger partial charge in [0.1, 0.15) is 5.75 Å². The van der Waals surface area contributed by atoms with Gasteiger partial charge in [0.05, 0.1) is 6.10 Å². The third-order valence-electron chi connectivity index (χ3n) is 2.80. The molecule has 2 nitrogen and oxygen atoms in total. The first-order valence-corrected chi connectivity index (χ1v) is 6.65. The molecule has 17 heavy (non-hydrogen) atoms. The lowest BCUT2D eigenvalue weighted by Crippen LogP contribution is -2.10. The average Bonchev–Trinajstić information content (AvgIpc) is 2.29. The Kier molecular flexibility index (Phi) is 6.06. The van der Waals surface area contributed by atoms with Gasteiger partial charge in [0.2, 0.25) is 0 Å². The highest BCUT2D eigenvalue weighted by molar-refractivity contribution is 5.29. The average molecular weight is 235 g/mol. The molecule has 0 fully saturated rings. The summed E-state index contributed by atoms with van der Waals surface area (Å²) < 4.78 is 5.61. The quantitative estimate of drug-likeness (QED) is 0.723. The predicted octanol–water partition coefficient (Wildman–Crippen LogP) is 4.05. The SMILES string of the molecule is CCCCCC(N)c1ccc(OC(C)C)cc1. The Morgan fingerprint density at radius 1 is 1.12 bits per heavy atom. The first-order valence-electron chi connectivity index (χ1n) is 6.65. The topological polar surface area (TPSA) is 35.2 Å². The van der Waals surface area contributed by atoms with Gasteiger partial charge in [-0.25, -0.2) is 0 Å². The zero-order valence-electron chi connectivity index (χ0n) is 11.3. The Morgan fingerprint density at radius 3 is 2.29 bits per heavy atom. The first kappa shape index (κ1) is 14.0. The van der Waals surface area contributed by atoms with E-state index >= 15 is 0 Å². The highest BCUT2D eigenvalue weighted by Crippen LogP contribution is 2.21. The maximum absolute atomic E-state index is 6.15. The van der Waals surface area contributed by atoms with Crippen LogP contribution in [0.2, 0.25) is 0 Å². The van der Waals surface area contributed by atoms with E-state index in [2.05, 4.69) is 19.1 Å². The molecule has 1 unspecified atom stereocenters. The van der Waals surface area contributed by atoms with Crippen molar-refractivity contribution in [1.82, 2.24) is 0 Å². The van der Waals surface area contributed by atoms with Crippen LogP contribution >= 0.6 is 0 Å². The van der Waals surface area contributed by atoms with Crippen molar-refractivity contribution >= 4 is 0 Å². The van der Waals surface area contributed by atoms with Crippen LogP contribution in [0.5, 0.6) is 5.75 Å². The maximum atomic E-state index is 6.15. The van der Waals surface area contributed by atoms with Gasteiger partial charge < -0.3 is 10.5 Å². The number of rotatable bonds is 7. The van der Waals surface area contributed by atoms with Gasteiger partial charge in [0.15, 0.2) is 0 Å². The second kappa shape index (κ2) is 7.33. The molecular weight excluding hydrogens is 210 g/mol. The Bertz CT molecular complexity index is 305. The van der Waals surface area contributed by atoms with Gasteiger partial charge in [0, 0.05) is 6.04 Å². The van der Waals surface area contributed by atoms with Gasteiger partial charge in [-0.15, -0.1) is 0 Å². The van der Waals surface area contributed by atoms with Crippen LogP contribution in [-0.2, 0) is 0 Å². The van der Waals surface area contributed by atoms with E-state index in [-0.39, 0.29) is 12.1 Å². The minimum absolute atomic E-state index is 0.162. The molecule has 0 aliphatic rings. The van der Waals surface area contributed by atoms with Crippen LogP contribution in [0.4, 0.5) is 0 Å². The van der Waals surface area contributed by atoms with Crippen molar-refractivity contribution in [2.45, 2.75) is 58.6 Å². The zero-order valence-corrected chi connectivity index (χ0v) is 11.3. The highest BCUT2D eigenvalue weighted by Gasteiger charge is 2.06. The molecule has 0 spiro atoms. The molecule has 1 aromatic rings. The molecule has 2 N–H and O–H groups in total. The molecule has 0 saturated carbocycles. The fourth-order valence-electron chi connectivity index (χ4n) is 1.85. The van der Waals surface area contributed by atoms with Gasteiger partial charge in [-0.3, -0.25) is 0 Å². The van der Waals surface area contributed by atoms with Gasteiger partial charge >= 0.3 is 0 Å². The molecular formula is C15H25NO. The molecule has 2 heteroatoms. The molecule has 0 aliphatic heterocycles. The van der Waals surface area contributed by atoms with E-state index in [0.717, 1.165) is 12.2 Å². The third kappa shape index (κ3) is 5.22. The second-order valence-electron chi connectivity index (χ2n) is 4.84. The molecule has 1 rings (SSSR count). The van der Waals surface area contributed by atoms with E-state index < -0.39 is 0 Å². The molecule has 96 valence electrons. The number of hydrogen-bond donors (Lipinski definition) is 1. The molecule has 0 bridgehead atoms. The van der Waals surface area contributed by atoms with Crippen LogP contribution in [-0.4, -0.2) is 6.10 Å². The van der Waals surface area contributed by atoms with Gasteiger partial charge in [-0.05, 0) is 38.0 Å². The second-order valence-corrected chi connectivity index (χ2v) is 4.84. The molecule has 0 saturated heterocycles. The van der Waals surface area contributed by atoms with E-state index in [9.17, 15) is 0 Å². The first-order chi connectivity index (χ1) is 8.13. The van der Waals surface area contributed by atoms with Crippen molar-refractivity contribution in [1.29, 1.82) is 0 Å². The molecule has 0 amide bonds. The van der Waals surface area contributed by atoms with E-state index in [1.54, 1.807) is 0 Å². The van der Waals surface area contributed by atoms with Crippen molar-refractivity contribution < 1.29 is 4.74 Å². The number of benzene rings is 1. The Hall–Kier alpha value is -1.02. The summed E-state index contributed by atoms with van der Waals surface area (Å²) in [5.74, 6) is 0.921. The summed E-state index contributed by atoms with van der Waals surface area (Å²) in [5.41, 5.74) is 7.35. The summed E-state index contributed by atoms with van der Waals surface area (Å²) in [6, 6.07) is 8.34. The van der Waals surface area contributed by atoms with E-state index in [4.69, 9.17) is 10.5 Å². The van der Waals surface area contributed by atoms with Crippen LogP contribution in [0.25, 0.3) is 0 Å². The Balaban J connectivity index is 2.48. The summed E-state index contributed by atoms with van der Waals surface area (Å²) in [7, 11) is 0. The lowest BCUT2D eigenvalue weighted by Gasteiger charge is -2.14. The summed E-state index contributed by atoms with van der Waals surface area (Å²) in [6.07, 6.45) is 5.01. The predicted molar refractivity (Wildman–Crippen MR) is 73.3 cm³/mol. The van der Waals surface area contributed by atoms with E-state index in [0.29, 0.717) is 0 Å². The normalized spacial score (nSPS) is 12.8. The van der Waals surface area contributed by atoms with Crippen LogP contribution in [0.1, 0.15) is 58.1 Å².